The highest BCUT2D eigenvalue weighted by Crippen LogP contribution is 2.16. The molecule has 0 atom stereocenters. The number of rotatable bonds is 23. The predicted octanol–water partition coefficient (Wildman–Crippen LogP) is 8.20. The van der Waals surface area contributed by atoms with Crippen LogP contribution in [0.2, 0.25) is 0 Å². The average Bonchev–Trinajstić information content (AvgIpc) is 3.12. The minimum Gasteiger partial charge on any atom is -0.330 e. The quantitative estimate of drug-likeness (QED) is 0.113. The highest BCUT2D eigenvalue weighted by Gasteiger charge is 2.32. The number of carbonyl (C=O) groups is 3. The summed E-state index contributed by atoms with van der Waals surface area (Å²) in [7, 11) is 0. The van der Waals surface area contributed by atoms with Crippen LogP contribution in [0, 0.1) is 0 Å². The molecule has 0 spiro atoms. The molecule has 2 amide bonds. The Morgan fingerprint density at radius 1 is 0.576 bits per heavy atom. The Morgan fingerprint density at radius 3 is 1.21 bits per heavy atom. The lowest BCUT2D eigenvalue weighted by Gasteiger charge is -2.12. The average molecular weight is 466 g/mol. The van der Waals surface area contributed by atoms with Gasteiger partial charge in [-0.25, -0.2) is 4.79 Å². The van der Waals surface area contributed by atoms with Crippen molar-refractivity contribution >= 4 is 17.8 Å². The predicted molar refractivity (Wildman–Crippen MR) is 134 cm³/mol. The van der Waals surface area contributed by atoms with E-state index in [4.69, 9.17) is 4.84 Å². The first kappa shape index (κ1) is 29.6. The van der Waals surface area contributed by atoms with E-state index in [1.54, 1.807) is 0 Å². The van der Waals surface area contributed by atoms with Gasteiger partial charge < -0.3 is 4.84 Å². The van der Waals surface area contributed by atoms with Crippen molar-refractivity contribution in [3.05, 3.63) is 0 Å². The Balaban J connectivity index is 1.72. The molecule has 0 aliphatic carbocycles. The van der Waals surface area contributed by atoms with Gasteiger partial charge >= 0.3 is 5.97 Å². The highest BCUT2D eigenvalue weighted by molar-refractivity contribution is 6.01. The van der Waals surface area contributed by atoms with E-state index in [1.807, 2.05) is 0 Å². The van der Waals surface area contributed by atoms with Crippen LogP contribution in [-0.2, 0) is 19.2 Å². The van der Waals surface area contributed by atoms with Crippen molar-refractivity contribution in [3.63, 3.8) is 0 Å². The first-order valence-corrected chi connectivity index (χ1v) is 14.2. The second-order valence-corrected chi connectivity index (χ2v) is 9.87. The maximum atomic E-state index is 11.7. The fourth-order valence-corrected chi connectivity index (χ4v) is 4.51. The normalized spacial score (nSPS) is 13.8. The smallest absolute Gasteiger partial charge is 0.330 e. The summed E-state index contributed by atoms with van der Waals surface area (Å²) in [5, 5.41) is 0.639. The first-order valence-electron chi connectivity index (χ1n) is 14.2. The van der Waals surface area contributed by atoms with Crippen LogP contribution >= 0.6 is 0 Å². The first-order chi connectivity index (χ1) is 16.1. The number of hydrogen-bond acceptors (Lipinski definition) is 4. The second-order valence-electron chi connectivity index (χ2n) is 9.87. The van der Waals surface area contributed by atoms with Crippen LogP contribution in [0.25, 0.3) is 0 Å². The number of nitrogens with zero attached hydrogens (tertiary/aromatic N) is 1. The van der Waals surface area contributed by atoms with Crippen molar-refractivity contribution in [2.24, 2.45) is 0 Å². The third-order valence-corrected chi connectivity index (χ3v) is 6.68. The molecule has 1 aliphatic heterocycles. The van der Waals surface area contributed by atoms with Crippen molar-refractivity contribution < 1.29 is 19.2 Å². The van der Waals surface area contributed by atoms with Crippen molar-refractivity contribution in [3.8, 4) is 0 Å². The Bertz CT molecular complexity index is 504. The summed E-state index contributed by atoms with van der Waals surface area (Å²) >= 11 is 0. The fourth-order valence-electron chi connectivity index (χ4n) is 4.51. The maximum Gasteiger partial charge on any atom is 0.333 e. The van der Waals surface area contributed by atoms with Crippen LogP contribution < -0.4 is 0 Å². The zero-order valence-corrected chi connectivity index (χ0v) is 21.6. The number of amides is 2. The van der Waals surface area contributed by atoms with Crippen molar-refractivity contribution in [1.82, 2.24) is 5.06 Å². The summed E-state index contributed by atoms with van der Waals surface area (Å²) in [5.41, 5.74) is 0. The minimum absolute atomic E-state index is 0.144. The molecule has 0 aromatic rings. The molecule has 1 fully saturated rings. The molecule has 0 aromatic carbocycles. The molecule has 192 valence electrons. The van der Waals surface area contributed by atoms with Crippen molar-refractivity contribution in [1.29, 1.82) is 0 Å². The lowest BCUT2D eigenvalue weighted by molar-refractivity contribution is -0.197. The molecule has 0 N–H and O–H groups in total. The molecule has 1 saturated heterocycles. The van der Waals surface area contributed by atoms with Crippen LogP contribution in [0.15, 0.2) is 0 Å². The lowest BCUT2D eigenvalue weighted by Crippen LogP contribution is -2.31. The van der Waals surface area contributed by atoms with Crippen LogP contribution in [0.5, 0.6) is 0 Å². The van der Waals surface area contributed by atoms with Crippen LogP contribution in [0.4, 0.5) is 0 Å². The van der Waals surface area contributed by atoms with E-state index in [1.165, 1.54) is 116 Å². The van der Waals surface area contributed by atoms with Gasteiger partial charge in [0.1, 0.15) is 0 Å². The molecule has 0 saturated carbocycles. The van der Waals surface area contributed by atoms with Gasteiger partial charge in [0.05, 0.1) is 0 Å². The molecule has 0 radical (unpaired) electrons. The zero-order chi connectivity index (χ0) is 24.0. The third-order valence-electron chi connectivity index (χ3n) is 6.68. The molecule has 33 heavy (non-hydrogen) atoms. The Kier molecular flexibility index (Phi) is 19.0. The van der Waals surface area contributed by atoms with E-state index in [0.717, 1.165) is 19.3 Å². The van der Waals surface area contributed by atoms with Crippen molar-refractivity contribution in [2.45, 2.75) is 161 Å². The summed E-state index contributed by atoms with van der Waals surface area (Å²) in [6.07, 6.45) is 28.5. The standard InChI is InChI=1S/C28H51NO4/c1-2-3-4-5-6-7-8-9-10-11-12-13-14-15-16-17-18-19-20-21-22-23-28(32)33-29-26(30)24-25-27(29)31/h2-25H2,1H3. The molecule has 1 heterocycles. The van der Waals surface area contributed by atoms with E-state index in [9.17, 15) is 14.4 Å². The van der Waals surface area contributed by atoms with Gasteiger partial charge in [0, 0.05) is 19.3 Å². The van der Waals surface area contributed by atoms with Crippen molar-refractivity contribution in [2.75, 3.05) is 0 Å². The second kappa shape index (κ2) is 21.2. The van der Waals surface area contributed by atoms with Gasteiger partial charge in [-0.05, 0) is 6.42 Å². The van der Waals surface area contributed by atoms with Gasteiger partial charge in [-0.1, -0.05) is 135 Å². The Hall–Kier alpha value is -1.39. The van der Waals surface area contributed by atoms with E-state index in [0.29, 0.717) is 5.06 Å². The van der Waals surface area contributed by atoms with E-state index in [-0.39, 0.29) is 19.3 Å². The fraction of sp³-hybridized carbons (Fsp3) is 0.893. The molecule has 0 aromatic heterocycles. The molecule has 1 rings (SSSR count). The van der Waals surface area contributed by atoms with E-state index in [2.05, 4.69) is 6.92 Å². The zero-order valence-electron chi connectivity index (χ0n) is 21.6. The van der Waals surface area contributed by atoms with Crippen LogP contribution in [0.1, 0.15) is 161 Å². The molecule has 1 aliphatic rings. The van der Waals surface area contributed by atoms with Gasteiger partial charge in [-0.3, -0.25) is 9.59 Å². The summed E-state index contributed by atoms with van der Waals surface area (Å²) in [6.45, 7) is 2.28. The van der Waals surface area contributed by atoms with Gasteiger partial charge in [0.15, 0.2) is 0 Å². The van der Waals surface area contributed by atoms with Gasteiger partial charge in [0.2, 0.25) is 0 Å². The number of hydroxylamine groups is 2. The largest absolute Gasteiger partial charge is 0.333 e. The molecule has 5 nitrogen and oxygen atoms in total. The number of unbranched alkanes of at least 4 members (excludes halogenated alkanes) is 20. The molecule has 5 heteroatoms. The van der Waals surface area contributed by atoms with E-state index >= 15 is 0 Å². The summed E-state index contributed by atoms with van der Waals surface area (Å²) in [4.78, 5) is 39.4. The number of carbonyl (C=O) groups excluding carboxylic acids is 3. The molecule has 0 bridgehead atoms. The Morgan fingerprint density at radius 2 is 0.879 bits per heavy atom. The Labute approximate surface area is 203 Å². The van der Waals surface area contributed by atoms with Gasteiger partial charge in [-0.15, -0.1) is 5.06 Å². The summed E-state index contributed by atoms with van der Waals surface area (Å²) in [5.74, 6) is -1.30. The number of hydrogen-bond donors (Lipinski definition) is 0. The van der Waals surface area contributed by atoms with Crippen LogP contribution in [-0.4, -0.2) is 22.8 Å². The number of imide groups is 1. The van der Waals surface area contributed by atoms with Crippen LogP contribution in [0.3, 0.4) is 0 Å². The van der Waals surface area contributed by atoms with Gasteiger partial charge in [0.25, 0.3) is 11.8 Å². The topological polar surface area (TPSA) is 63.7 Å². The third kappa shape index (κ3) is 16.8. The molecular weight excluding hydrogens is 414 g/mol. The van der Waals surface area contributed by atoms with E-state index < -0.39 is 17.8 Å². The highest BCUT2D eigenvalue weighted by atomic mass is 16.7. The molecule has 0 unspecified atom stereocenters. The maximum absolute atomic E-state index is 11.7. The minimum atomic E-state index is -0.476. The van der Waals surface area contributed by atoms with Gasteiger partial charge in [-0.2, -0.15) is 0 Å². The lowest BCUT2D eigenvalue weighted by atomic mass is 10.0. The summed E-state index contributed by atoms with van der Waals surface area (Å²) < 4.78 is 0. The molecular formula is C28H51NO4. The summed E-state index contributed by atoms with van der Waals surface area (Å²) in [6, 6.07) is 0. The SMILES string of the molecule is CCCCCCCCCCCCCCCCCCCCCCCC(=O)ON1C(=O)CCC1=O. The monoisotopic (exact) mass is 465 g/mol.